The van der Waals surface area contributed by atoms with Gasteiger partial charge in [0.2, 0.25) is 3.79 Å². The first-order chi connectivity index (χ1) is 8.13. The van der Waals surface area contributed by atoms with Gasteiger partial charge in [0, 0.05) is 0 Å². The Morgan fingerprint density at radius 2 is 1.72 bits per heavy atom. The van der Waals surface area contributed by atoms with E-state index in [2.05, 4.69) is 0 Å². The van der Waals surface area contributed by atoms with Crippen LogP contribution in [-0.4, -0.2) is 67.5 Å². The molecule has 1 fully saturated rings. The van der Waals surface area contributed by atoms with E-state index in [4.69, 9.17) is 49.4 Å². The first kappa shape index (κ1) is 16.2. The van der Waals surface area contributed by atoms with E-state index in [0.717, 1.165) is 0 Å². The fourth-order valence-corrected chi connectivity index (χ4v) is 1.56. The van der Waals surface area contributed by atoms with Crippen LogP contribution in [0.15, 0.2) is 0 Å². The Morgan fingerprint density at radius 3 is 2.17 bits per heavy atom. The van der Waals surface area contributed by atoms with Crippen LogP contribution in [0.5, 0.6) is 0 Å². The van der Waals surface area contributed by atoms with Crippen molar-refractivity contribution in [1.82, 2.24) is 0 Å². The van der Waals surface area contributed by atoms with Crippen molar-refractivity contribution in [3.63, 3.8) is 0 Å². The van der Waals surface area contributed by atoms with Crippen molar-refractivity contribution in [1.29, 1.82) is 0 Å². The number of carboxylic acid groups (broad SMARTS) is 1. The van der Waals surface area contributed by atoms with Crippen molar-refractivity contribution in [2.45, 2.75) is 34.5 Å². The lowest BCUT2D eigenvalue weighted by atomic mass is 9.99. The van der Waals surface area contributed by atoms with Crippen molar-refractivity contribution in [2.24, 2.45) is 0 Å². The van der Waals surface area contributed by atoms with Crippen LogP contribution in [0.3, 0.4) is 0 Å². The Kier molecular flexibility index (Phi) is 5.45. The number of carbonyl (C=O) groups is 1. The summed E-state index contributed by atoms with van der Waals surface area (Å²) in [5.41, 5.74) is 0. The highest BCUT2D eigenvalue weighted by Crippen LogP contribution is 2.29. The average molecular weight is 326 g/mol. The van der Waals surface area contributed by atoms with Crippen LogP contribution in [0, 0.1) is 0 Å². The number of alkyl halides is 3. The summed E-state index contributed by atoms with van der Waals surface area (Å²) in [6, 6.07) is 0. The van der Waals surface area contributed by atoms with Crippen molar-refractivity contribution < 1.29 is 34.7 Å². The van der Waals surface area contributed by atoms with Gasteiger partial charge in [-0.1, -0.05) is 34.8 Å². The molecule has 0 aromatic rings. The van der Waals surface area contributed by atoms with Gasteiger partial charge in [0.1, 0.15) is 18.3 Å². The Morgan fingerprint density at radius 1 is 1.17 bits per heavy atom. The minimum absolute atomic E-state index is 0.492. The van der Waals surface area contributed by atoms with Gasteiger partial charge >= 0.3 is 5.97 Å². The van der Waals surface area contributed by atoms with Crippen LogP contribution < -0.4 is 0 Å². The second kappa shape index (κ2) is 6.06. The molecule has 0 spiro atoms. The molecule has 0 aliphatic carbocycles. The van der Waals surface area contributed by atoms with Gasteiger partial charge in [0.25, 0.3) is 0 Å². The number of aliphatic hydroxyl groups is 3. The summed E-state index contributed by atoms with van der Waals surface area (Å²) in [5, 5.41) is 37.1. The highest BCUT2D eigenvalue weighted by Gasteiger charge is 2.47. The number of aliphatic carboxylic acids is 1. The van der Waals surface area contributed by atoms with Gasteiger partial charge < -0.3 is 29.9 Å². The highest BCUT2D eigenvalue weighted by molar-refractivity contribution is 6.67. The van der Waals surface area contributed by atoms with Gasteiger partial charge in [0.15, 0.2) is 12.4 Å². The Hall–Kier alpha value is 0.140. The van der Waals surface area contributed by atoms with Crippen LogP contribution in [0.25, 0.3) is 0 Å². The molecular formula is C8H11Cl3O7. The summed E-state index contributed by atoms with van der Waals surface area (Å²) in [5.74, 6) is -1.52. The number of halogens is 3. The summed E-state index contributed by atoms with van der Waals surface area (Å²) in [6.45, 7) is -0.492. The second-order valence-corrected chi connectivity index (χ2v) is 6.18. The smallest absolute Gasteiger partial charge is 0.335 e. The molecule has 0 aromatic heterocycles. The number of hydrogen-bond donors (Lipinski definition) is 4. The van der Waals surface area contributed by atoms with E-state index in [0.29, 0.717) is 0 Å². The maximum atomic E-state index is 10.8. The fraction of sp³-hybridized carbons (Fsp3) is 0.875. The summed E-state index contributed by atoms with van der Waals surface area (Å²) in [4.78, 5) is 10.8. The Bertz CT molecular complexity index is 308. The van der Waals surface area contributed by atoms with Crippen molar-refractivity contribution in [3.05, 3.63) is 0 Å². The lowest BCUT2D eigenvalue weighted by Crippen LogP contribution is -2.60. The summed E-state index contributed by atoms with van der Waals surface area (Å²) in [6.07, 6.45) is -8.47. The fourth-order valence-electron chi connectivity index (χ4n) is 1.37. The molecular weight excluding hydrogens is 314 g/mol. The summed E-state index contributed by atoms with van der Waals surface area (Å²) < 4.78 is 7.85. The van der Waals surface area contributed by atoms with Crippen LogP contribution in [-0.2, 0) is 14.3 Å². The molecule has 7 nitrogen and oxygen atoms in total. The lowest BCUT2D eigenvalue weighted by molar-refractivity contribution is -0.293. The molecule has 1 heterocycles. The SMILES string of the molecule is O=C(O)C1O[C@@H](OCC(Cl)(Cl)Cl)C(O)C(O)[C@@H]1O. The topological polar surface area (TPSA) is 116 Å². The molecule has 10 heteroatoms. The van der Waals surface area contributed by atoms with Crippen molar-refractivity contribution >= 4 is 40.8 Å². The molecule has 0 bridgehead atoms. The zero-order chi connectivity index (χ0) is 14.1. The number of aliphatic hydroxyl groups excluding tert-OH is 3. The third kappa shape index (κ3) is 4.07. The summed E-state index contributed by atoms with van der Waals surface area (Å²) >= 11 is 16.2. The molecule has 1 rings (SSSR count). The molecule has 106 valence electrons. The minimum atomic E-state index is -1.79. The number of hydrogen-bond acceptors (Lipinski definition) is 6. The zero-order valence-electron chi connectivity index (χ0n) is 8.74. The molecule has 18 heavy (non-hydrogen) atoms. The predicted octanol–water partition coefficient (Wildman–Crippen LogP) is -0.735. The Labute approximate surface area is 117 Å². The zero-order valence-corrected chi connectivity index (χ0v) is 11.0. The molecule has 5 atom stereocenters. The lowest BCUT2D eigenvalue weighted by Gasteiger charge is -2.38. The van der Waals surface area contributed by atoms with Gasteiger partial charge in [0.05, 0.1) is 6.61 Å². The maximum Gasteiger partial charge on any atom is 0.335 e. The molecule has 4 N–H and O–H groups in total. The van der Waals surface area contributed by atoms with E-state index < -0.39 is 47.1 Å². The number of ether oxygens (including phenoxy) is 2. The predicted molar refractivity (Wildman–Crippen MR) is 60.6 cm³/mol. The van der Waals surface area contributed by atoms with E-state index in [1.165, 1.54) is 0 Å². The monoisotopic (exact) mass is 324 g/mol. The van der Waals surface area contributed by atoms with Gasteiger partial charge in [-0.05, 0) is 0 Å². The molecule has 0 radical (unpaired) electrons. The van der Waals surface area contributed by atoms with E-state index in [1.807, 2.05) is 0 Å². The van der Waals surface area contributed by atoms with Crippen molar-refractivity contribution in [3.8, 4) is 0 Å². The third-order valence-corrected chi connectivity index (χ3v) is 2.55. The van der Waals surface area contributed by atoms with E-state index in [9.17, 15) is 20.1 Å². The van der Waals surface area contributed by atoms with Crippen LogP contribution >= 0.6 is 34.8 Å². The van der Waals surface area contributed by atoms with Gasteiger partial charge in [-0.25, -0.2) is 4.79 Å². The van der Waals surface area contributed by atoms with Gasteiger partial charge in [-0.2, -0.15) is 0 Å². The maximum absolute atomic E-state index is 10.8. The average Bonchev–Trinajstić information content (AvgIpc) is 2.23. The molecule has 3 unspecified atom stereocenters. The van der Waals surface area contributed by atoms with Crippen molar-refractivity contribution in [2.75, 3.05) is 6.61 Å². The molecule has 1 aliphatic heterocycles. The molecule has 0 saturated carbocycles. The van der Waals surface area contributed by atoms with E-state index in [1.54, 1.807) is 0 Å². The number of carboxylic acids is 1. The molecule has 1 aliphatic rings. The van der Waals surface area contributed by atoms with Crippen LogP contribution in [0.2, 0.25) is 0 Å². The van der Waals surface area contributed by atoms with Gasteiger partial charge in [-0.15, -0.1) is 0 Å². The van der Waals surface area contributed by atoms with E-state index >= 15 is 0 Å². The minimum Gasteiger partial charge on any atom is -0.479 e. The first-order valence-electron chi connectivity index (χ1n) is 4.74. The second-order valence-electron chi connectivity index (χ2n) is 3.66. The quantitative estimate of drug-likeness (QED) is 0.505. The van der Waals surface area contributed by atoms with Gasteiger partial charge in [-0.3, -0.25) is 0 Å². The molecule has 1 saturated heterocycles. The van der Waals surface area contributed by atoms with Crippen LogP contribution in [0.1, 0.15) is 0 Å². The standard InChI is InChI=1S/C8H11Cl3O7/c9-8(10,11)1-17-7-4(14)2(12)3(13)5(18-7)6(15)16/h2-5,7,12-14H,1H2,(H,15,16)/t2?,3-,4?,5?,7+/m0/s1. The molecule has 0 aromatic carbocycles. The largest absolute Gasteiger partial charge is 0.479 e. The Balaban J connectivity index is 2.70. The third-order valence-electron chi connectivity index (χ3n) is 2.22. The normalized spacial score (nSPS) is 37.6. The van der Waals surface area contributed by atoms with E-state index in [-0.39, 0.29) is 0 Å². The highest BCUT2D eigenvalue weighted by atomic mass is 35.6. The van der Waals surface area contributed by atoms with Crippen LogP contribution in [0.4, 0.5) is 0 Å². The summed E-state index contributed by atoms with van der Waals surface area (Å²) in [7, 11) is 0. The molecule has 0 amide bonds. The first-order valence-corrected chi connectivity index (χ1v) is 5.87. The number of rotatable bonds is 3.